The second-order valence-corrected chi connectivity index (χ2v) is 17.0. The molecule has 1 spiro atoms. The number of nitrogens with one attached hydrogen (secondary N) is 4. The van der Waals surface area contributed by atoms with Gasteiger partial charge in [-0.2, -0.15) is 0 Å². The van der Waals surface area contributed by atoms with Crippen molar-refractivity contribution in [2.75, 3.05) is 6.54 Å². The van der Waals surface area contributed by atoms with Crippen LogP contribution in [-0.2, 0) is 36.8 Å². The largest absolute Gasteiger partial charge is 0.347 e. The molecule has 5 aliphatic rings. The molecule has 1 aliphatic heterocycles. The molecule has 7 rings (SSSR count). The predicted molar refractivity (Wildman–Crippen MR) is 194 cm³/mol. The first-order valence-electron chi connectivity index (χ1n) is 19.2. The van der Waals surface area contributed by atoms with Gasteiger partial charge in [0, 0.05) is 30.4 Å². The van der Waals surface area contributed by atoms with E-state index in [1.807, 2.05) is 45.0 Å². The monoisotopic (exact) mass is 725 g/mol. The summed E-state index contributed by atoms with van der Waals surface area (Å²) in [7, 11) is 0. The van der Waals surface area contributed by atoms with Gasteiger partial charge in [0.1, 0.15) is 29.9 Å². The van der Waals surface area contributed by atoms with Crippen molar-refractivity contribution in [2.24, 2.45) is 22.7 Å². The normalized spacial score (nSPS) is 22.4. The zero-order valence-corrected chi connectivity index (χ0v) is 30.9. The third-order valence-electron chi connectivity index (χ3n) is 11.8. The number of amides is 5. The number of hydrogen-bond acceptors (Lipinski definition) is 8. The number of nitrogens with zero attached hydrogens (tertiary/aromatic N) is 3. The van der Waals surface area contributed by atoms with Gasteiger partial charge >= 0.3 is 0 Å². The molecule has 53 heavy (non-hydrogen) atoms. The fraction of sp³-hybridized carbons (Fsp3) is 0.600. The fourth-order valence-corrected chi connectivity index (χ4v) is 8.62. The maximum absolute atomic E-state index is 14.8. The highest BCUT2D eigenvalue weighted by molar-refractivity contribution is 6.38. The van der Waals surface area contributed by atoms with Crippen molar-refractivity contribution in [3.63, 3.8) is 0 Å². The maximum atomic E-state index is 14.8. The number of carbonyl (C=O) groups is 6. The van der Waals surface area contributed by atoms with Crippen molar-refractivity contribution in [3.05, 3.63) is 59.7 Å². The van der Waals surface area contributed by atoms with Gasteiger partial charge in [0.15, 0.2) is 0 Å². The fourth-order valence-electron chi connectivity index (χ4n) is 8.62. The van der Waals surface area contributed by atoms with Gasteiger partial charge in [-0.15, -0.1) is 0 Å². The van der Waals surface area contributed by atoms with E-state index >= 15 is 0 Å². The highest BCUT2D eigenvalue weighted by Gasteiger charge is 2.62. The molecule has 4 fully saturated rings. The van der Waals surface area contributed by atoms with Crippen molar-refractivity contribution in [2.45, 2.75) is 122 Å². The highest BCUT2D eigenvalue weighted by Crippen LogP contribution is 2.50. The average Bonchev–Trinajstić information content (AvgIpc) is 4.08. The SMILES string of the molecule is CC(C)(C)[C@H](NC(=O)[C@@H](NC(=O)c1cnccn1)C1CCCCC1)C(=O)N1CC2(Cc3ccccc3C2)C1C(=O)NC(C(=O)C(=O)NC1CC1)C1CC1. The molecule has 2 aromatic rings. The Bertz CT molecular complexity index is 1740. The molecule has 4 atom stereocenters. The standard InChI is InChI=1S/C40H51N7O6/c1-39(2,3)32(46-35(50)30(23-9-5-4-6-10-23)45-34(49)28-21-41-17-18-42-28)38(53)47-22-40(19-25-11-7-8-12-26(25)20-40)33(47)37(52)44-29(24-13-14-24)31(48)36(51)43-27-15-16-27/h7-8,11-12,17-18,21,23-24,27,29-30,32-33H,4-6,9-10,13-16,19-20,22H2,1-3H3,(H,43,51)(H,44,52)(H,45,49)(H,46,50)/t29?,30-,32+,33?/m0/s1. The molecule has 2 heterocycles. The average molecular weight is 726 g/mol. The third-order valence-corrected chi connectivity index (χ3v) is 11.8. The number of aromatic nitrogens is 2. The van der Waals surface area contributed by atoms with Crippen LogP contribution in [0.2, 0.25) is 0 Å². The van der Waals surface area contributed by atoms with Gasteiger partial charge in [0.2, 0.25) is 23.5 Å². The Morgan fingerprint density at radius 1 is 0.811 bits per heavy atom. The number of hydrogen-bond donors (Lipinski definition) is 4. The minimum absolute atomic E-state index is 0.00426. The molecule has 2 unspecified atom stereocenters. The second-order valence-electron chi connectivity index (χ2n) is 17.0. The van der Waals surface area contributed by atoms with Gasteiger partial charge < -0.3 is 26.2 Å². The molecule has 1 aromatic heterocycles. The van der Waals surface area contributed by atoms with Crippen molar-refractivity contribution >= 4 is 35.3 Å². The minimum atomic E-state index is -1.03. The molecule has 4 aliphatic carbocycles. The van der Waals surface area contributed by atoms with Gasteiger partial charge in [0.25, 0.3) is 11.8 Å². The zero-order valence-electron chi connectivity index (χ0n) is 30.9. The molecule has 3 saturated carbocycles. The van der Waals surface area contributed by atoms with Crippen LogP contribution in [0.3, 0.4) is 0 Å². The number of fused-ring (bicyclic) bond motifs is 1. The summed E-state index contributed by atoms with van der Waals surface area (Å²) in [6.45, 7) is 5.88. The summed E-state index contributed by atoms with van der Waals surface area (Å²) >= 11 is 0. The van der Waals surface area contributed by atoms with E-state index < -0.39 is 70.3 Å². The summed E-state index contributed by atoms with van der Waals surface area (Å²) in [5.41, 5.74) is 0.958. The first kappa shape index (κ1) is 36.7. The minimum Gasteiger partial charge on any atom is -0.347 e. The summed E-state index contributed by atoms with van der Waals surface area (Å²) in [4.78, 5) is 92.7. The Morgan fingerprint density at radius 2 is 1.47 bits per heavy atom. The van der Waals surface area contributed by atoms with Crippen LogP contribution in [0.5, 0.6) is 0 Å². The van der Waals surface area contributed by atoms with Gasteiger partial charge in [-0.3, -0.25) is 33.8 Å². The summed E-state index contributed by atoms with van der Waals surface area (Å²) in [6, 6.07) is 4.20. The van der Waals surface area contributed by atoms with E-state index in [0.717, 1.165) is 68.9 Å². The van der Waals surface area contributed by atoms with Crippen molar-refractivity contribution in [1.82, 2.24) is 36.1 Å². The first-order chi connectivity index (χ1) is 25.3. The van der Waals surface area contributed by atoms with Crippen LogP contribution in [0, 0.1) is 22.7 Å². The van der Waals surface area contributed by atoms with Gasteiger partial charge in [-0.1, -0.05) is 64.3 Å². The number of likely N-dealkylation sites (tertiary alicyclic amines) is 1. The van der Waals surface area contributed by atoms with Crippen LogP contribution >= 0.6 is 0 Å². The highest BCUT2D eigenvalue weighted by atomic mass is 16.2. The smallest absolute Gasteiger partial charge is 0.289 e. The lowest BCUT2D eigenvalue weighted by Gasteiger charge is -2.56. The Kier molecular flexibility index (Phi) is 10.1. The third kappa shape index (κ3) is 7.84. The zero-order chi connectivity index (χ0) is 37.5. The van der Waals surface area contributed by atoms with Crippen molar-refractivity contribution in [1.29, 1.82) is 0 Å². The topological polar surface area (TPSA) is 180 Å². The molecular formula is C40H51N7O6. The summed E-state index contributed by atoms with van der Waals surface area (Å²) in [5, 5.41) is 11.6. The molecule has 5 amide bonds. The summed E-state index contributed by atoms with van der Waals surface area (Å²) in [5.74, 6) is -3.43. The lowest BCUT2D eigenvalue weighted by atomic mass is 9.67. The molecule has 13 nitrogen and oxygen atoms in total. The molecule has 1 saturated heterocycles. The van der Waals surface area contributed by atoms with Crippen LogP contribution in [0.1, 0.15) is 100 Å². The van der Waals surface area contributed by atoms with E-state index in [9.17, 15) is 28.8 Å². The first-order valence-corrected chi connectivity index (χ1v) is 19.2. The molecule has 4 N–H and O–H groups in total. The molecular weight excluding hydrogens is 674 g/mol. The van der Waals surface area contributed by atoms with Gasteiger partial charge in [-0.05, 0) is 79.7 Å². The lowest BCUT2D eigenvalue weighted by Crippen LogP contribution is -2.75. The van der Waals surface area contributed by atoms with E-state index in [-0.39, 0.29) is 23.6 Å². The predicted octanol–water partition coefficient (Wildman–Crippen LogP) is 2.42. The second kappa shape index (κ2) is 14.6. The summed E-state index contributed by atoms with van der Waals surface area (Å²) < 4.78 is 0. The number of ketones is 1. The lowest BCUT2D eigenvalue weighted by molar-refractivity contribution is -0.169. The molecule has 13 heteroatoms. The quantitative estimate of drug-likeness (QED) is 0.241. The number of benzene rings is 1. The van der Waals surface area contributed by atoms with E-state index in [2.05, 4.69) is 31.2 Å². The van der Waals surface area contributed by atoms with Crippen molar-refractivity contribution < 1.29 is 28.8 Å². The van der Waals surface area contributed by atoms with Gasteiger partial charge in [-0.25, -0.2) is 4.98 Å². The molecule has 0 radical (unpaired) electrons. The van der Waals surface area contributed by atoms with E-state index in [0.29, 0.717) is 19.4 Å². The molecule has 282 valence electrons. The maximum Gasteiger partial charge on any atom is 0.289 e. The molecule has 1 aromatic carbocycles. The summed E-state index contributed by atoms with van der Waals surface area (Å²) in [6.07, 6.45) is 12.9. The Labute approximate surface area is 310 Å². The Hall–Kier alpha value is -4.68. The van der Waals surface area contributed by atoms with Gasteiger partial charge in [0.05, 0.1) is 6.20 Å². The number of Topliss-reactive ketones (excluding diaryl/α,β-unsaturated/α-hetero) is 1. The van der Waals surface area contributed by atoms with Crippen LogP contribution in [0.15, 0.2) is 42.9 Å². The van der Waals surface area contributed by atoms with E-state index in [1.165, 1.54) is 18.6 Å². The Balaban J connectivity index is 1.13. The van der Waals surface area contributed by atoms with E-state index in [4.69, 9.17) is 0 Å². The Morgan fingerprint density at radius 3 is 2.06 bits per heavy atom. The van der Waals surface area contributed by atoms with Crippen molar-refractivity contribution in [3.8, 4) is 0 Å². The molecule has 0 bridgehead atoms. The van der Waals surface area contributed by atoms with Crippen LogP contribution < -0.4 is 21.3 Å². The van der Waals surface area contributed by atoms with Crippen LogP contribution in [0.4, 0.5) is 0 Å². The number of rotatable bonds is 12. The van der Waals surface area contributed by atoms with Crippen LogP contribution in [0.25, 0.3) is 0 Å². The number of carbonyl (C=O) groups excluding carboxylic acids is 6. The van der Waals surface area contributed by atoms with E-state index in [1.54, 1.807) is 4.90 Å². The van der Waals surface area contributed by atoms with Crippen LogP contribution in [-0.4, -0.2) is 86.9 Å².